The van der Waals surface area contributed by atoms with Crippen molar-refractivity contribution >= 4 is 29.5 Å². The van der Waals surface area contributed by atoms with Crippen LogP contribution in [0.1, 0.15) is 34.5 Å². The Morgan fingerprint density at radius 3 is 2.29 bits per heavy atom. The Hall–Kier alpha value is -4.39. The van der Waals surface area contributed by atoms with Gasteiger partial charge in [-0.1, -0.05) is 54.6 Å². The molecule has 0 saturated heterocycles. The highest BCUT2D eigenvalue weighted by molar-refractivity contribution is 6.04. The van der Waals surface area contributed by atoms with Gasteiger partial charge in [0.15, 0.2) is 6.61 Å². The number of hydrogen-bond donors (Lipinski definition) is 2. The van der Waals surface area contributed by atoms with Gasteiger partial charge in [0.05, 0.1) is 24.4 Å². The second-order valence-electron chi connectivity index (χ2n) is 7.41. The van der Waals surface area contributed by atoms with Crippen molar-refractivity contribution in [3.63, 3.8) is 0 Å². The van der Waals surface area contributed by atoms with Crippen molar-refractivity contribution < 1.29 is 23.9 Å². The summed E-state index contributed by atoms with van der Waals surface area (Å²) >= 11 is 0. The largest absolute Gasteiger partial charge is 0.497 e. The maximum atomic E-state index is 12.8. The highest BCUT2D eigenvalue weighted by Gasteiger charge is 2.16. The fourth-order valence-electron chi connectivity index (χ4n) is 3.14. The molecule has 1 unspecified atom stereocenters. The zero-order valence-corrected chi connectivity index (χ0v) is 19.0. The number of methoxy groups -OCH3 is 1. The molecule has 0 aromatic heterocycles. The zero-order chi connectivity index (χ0) is 24.3. The van der Waals surface area contributed by atoms with Crippen LogP contribution in [0, 0.1) is 0 Å². The predicted molar refractivity (Wildman–Crippen MR) is 130 cm³/mol. The molecule has 0 aliphatic carbocycles. The number of amides is 2. The van der Waals surface area contributed by atoms with Crippen LogP contribution >= 0.6 is 0 Å². The van der Waals surface area contributed by atoms with Crippen molar-refractivity contribution in [2.45, 2.75) is 13.0 Å². The molecular formula is C27H26N2O5. The third-order valence-corrected chi connectivity index (χ3v) is 4.97. The van der Waals surface area contributed by atoms with Crippen LogP contribution in [0.25, 0.3) is 6.08 Å². The Morgan fingerprint density at radius 2 is 1.59 bits per heavy atom. The lowest BCUT2D eigenvalue weighted by molar-refractivity contribution is -0.142. The minimum Gasteiger partial charge on any atom is -0.497 e. The van der Waals surface area contributed by atoms with Gasteiger partial charge in [-0.2, -0.15) is 0 Å². The third-order valence-electron chi connectivity index (χ3n) is 4.97. The summed E-state index contributed by atoms with van der Waals surface area (Å²) < 4.78 is 10.1. The molecule has 1 atom stereocenters. The Balaban J connectivity index is 1.54. The van der Waals surface area contributed by atoms with Crippen molar-refractivity contribution in [1.82, 2.24) is 5.32 Å². The smallest absolute Gasteiger partial charge is 0.331 e. The van der Waals surface area contributed by atoms with E-state index < -0.39 is 18.5 Å². The van der Waals surface area contributed by atoms with Gasteiger partial charge in [0, 0.05) is 6.08 Å². The topological polar surface area (TPSA) is 93.7 Å². The molecule has 174 valence electrons. The molecule has 7 nitrogen and oxygen atoms in total. The lowest BCUT2D eigenvalue weighted by Crippen LogP contribution is -2.28. The van der Waals surface area contributed by atoms with E-state index in [9.17, 15) is 14.4 Å². The molecular weight excluding hydrogens is 432 g/mol. The number of ether oxygens (including phenoxy) is 2. The molecule has 3 aromatic rings. The summed E-state index contributed by atoms with van der Waals surface area (Å²) in [5, 5.41) is 5.55. The fourth-order valence-corrected chi connectivity index (χ4v) is 3.14. The van der Waals surface area contributed by atoms with Crippen LogP contribution in [0.2, 0.25) is 0 Å². The fraction of sp³-hybridized carbons (Fsp3) is 0.148. The molecule has 3 rings (SSSR count). The first kappa shape index (κ1) is 24.3. The van der Waals surface area contributed by atoms with E-state index in [0.29, 0.717) is 17.0 Å². The van der Waals surface area contributed by atoms with Crippen molar-refractivity contribution in [2.75, 3.05) is 19.0 Å². The van der Waals surface area contributed by atoms with Crippen molar-refractivity contribution in [3.8, 4) is 5.75 Å². The maximum absolute atomic E-state index is 12.8. The number of rotatable bonds is 9. The zero-order valence-electron chi connectivity index (χ0n) is 19.0. The van der Waals surface area contributed by atoms with E-state index in [1.165, 1.54) is 6.08 Å². The lowest BCUT2D eigenvalue weighted by atomic mass is 10.1. The SMILES string of the molecule is COc1ccc(/C=C/C(=O)OCC(=O)Nc2ccccc2C(=O)NC(C)c2ccccc2)cc1. The van der Waals surface area contributed by atoms with Gasteiger partial charge in [-0.3, -0.25) is 9.59 Å². The summed E-state index contributed by atoms with van der Waals surface area (Å²) in [5.41, 5.74) is 2.39. The number of para-hydroxylation sites is 1. The Labute approximate surface area is 198 Å². The van der Waals surface area contributed by atoms with Gasteiger partial charge in [0.2, 0.25) is 0 Å². The predicted octanol–water partition coefficient (Wildman–Crippen LogP) is 4.38. The molecule has 0 radical (unpaired) electrons. The number of carbonyl (C=O) groups is 3. The average molecular weight is 459 g/mol. The number of nitrogens with one attached hydrogen (secondary N) is 2. The molecule has 0 bridgehead atoms. The van der Waals surface area contributed by atoms with E-state index in [1.54, 1.807) is 61.7 Å². The highest BCUT2D eigenvalue weighted by Crippen LogP contribution is 2.18. The third kappa shape index (κ3) is 7.06. The minimum atomic E-state index is -0.659. The molecule has 7 heteroatoms. The highest BCUT2D eigenvalue weighted by atomic mass is 16.5. The van der Waals surface area contributed by atoms with Crippen molar-refractivity contribution in [3.05, 3.63) is 102 Å². The van der Waals surface area contributed by atoms with Crippen molar-refractivity contribution in [2.24, 2.45) is 0 Å². The molecule has 0 heterocycles. The molecule has 2 amide bonds. The molecule has 0 spiro atoms. The molecule has 0 saturated carbocycles. The Bertz CT molecular complexity index is 1160. The molecule has 2 N–H and O–H groups in total. The average Bonchev–Trinajstić information content (AvgIpc) is 2.87. The second kappa shape index (κ2) is 12.0. The number of carbonyl (C=O) groups excluding carboxylic acids is 3. The summed E-state index contributed by atoms with van der Waals surface area (Å²) in [7, 11) is 1.57. The summed E-state index contributed by atoms with van der Waals surface area (Å²) in [5.74, 6) is -0.831. The Kier molecular flexibility index (Phi) is 8.57. The van der Waals surface area contributed by atoms with Gasteiger partial charge >= 0.3 is 5.97 Å². The van der Waals surface area contributed by atoms with Gasteiger partial charge < -0.3 is 20.1 Å². The van der Waals surface area contributed by atoms with Gasteiger partial charge in [-0.25, -0.2) is 4.79 Å². The molecule has 0 aliphatic heterocycles. The minimum absolute atomic E-state index is 0.212. The first-order valence-electron chi connectivity index (χ1n) is 10.7. The monoisotopic (exact) mass is 458 g/mol. The van der Waals surface area contributed by atoms with Crippen LogP contribution < -0.4 is 15.4 Å². The molecule has 0 fully saturated rings. The lowest BCUT2D eigenvalue weighted by Gasteiger charge is -2.16. The van der Waals surface area contributed by atoms with Gasteiger partial charge in [-0.05, 0) is 48.4 Å². The number of hydrogen-bond acceptors (Lipinski definition) is 5. The first-order chi connectivity index (χ1) is 16.5. The van der Waals surface area contributed by atoms with E-state index in [0.717, 1.165) is 11.1 Å². The normalized spacial score (nSPS) is 11.5. The Morgan fingerprint density at radius 1 is 0.912 bits per heavy atom. The molecule has 34 heavy (non-hydrogen) atoms. The summed E-state index contributed by atoms with van der Waals surface area (Å²) in [6.45, 7) is 1.40. The van der Waals surface area contributed by atoms with Crippen LogP contribution in [0.3, 0.4) is 0 Å². The quantitative estimate of drug-likeness (QED) is 0.367. The van der Waals surface area contributed by atoms with Crippen LogP contribution in [0.5, 0.6) is 5.75 Å². The van der Waals surface area contributed by atoms with Crippen LogP contribution in [0.4, 0.5) is 5.69 Å². The van der Waals surface area contributed by atoms with E-state index in [1.807, 2.05) is 37.3 Å². The standard InChI is InChI=1S/C27H26N2O5/c1-19(21-8-4-3-5-9-21)28-27(32)23-10-6-7-11-24(23)29-25(30)18-34-26(31)17-14-20-12-15-22(33-2)16-13-20/h3-17,19H,18H2,1-2H3,(H,28,32)(H,29,30)/b17-14+. The van der Waals surface area contributed by atoms with Crippen molar-refractivity contribution in [1.29, 1.82) is 0 Å². The molecule has 3 aromatic carbocycles. The maximum Gasteiger partial charge on any atom is 0.331 e. The number of esters is 1. The van der Waals surface area contributed by atoms with Crippen LogP contribution in [-0.2, 0) is 14.3 Å². The second-order valence-corrected chi connectivity index (χ2v) is 7.41. The van der Waals surface area contributed by atoms with Gasteiger partial charge in [0.25, 0.3) is 11.8 Å². The van der Waals surface area contributed by atoms with Crippen LogP contribution in [-0.4, -0.2) is 31.5 Å². The summed E-state index contributed by atoms with van der Waals surface area (Å²) in [6.07, 6.45) is 2.81. The van der Waals surface area contributed by atoms with Gasteiger partial charge in [0.1, 0.15) is 5.75 Å². The van der Waals surface area contributed by atoms with E-state index in [-0.39, 0.29) is 11.9 Å². The summed E-state index contributed by atoms with van der Waals surface area (Å²) in [4.78, 5) is 37.1. The first-order valence-corrected chi connectivity index (χ1v) is 10.7. The summed E-state index contributed by atoms with van der Waals surface area (Å²) in [6, 6.07) is 23.1. The van der Waals surface area contributed by atoms with E-state index in [2.05, 4.69) is 10.6 Å². The van der Waals surface area contributed by atoms with E-state index >= 15 is 0 Å². The number of anilines is 1. The van der Waals surface area contributed by atoms with E-state index in [4.69, 9.17) is 9.47 Å². The van der Waals surface area contributed by atoms with Crippen LogP contribution in [0.15, 0.2) is 84.9 Å². The number of benzene rings is 3. The van der Waals surface area contributed by atoms with Gasteiger partial charge in [-0.15, -0.1) is 0 Å². The molecule has 0 aliphatic rings.